The molecule has 0 aliphatic carbocycles. The number of hydrogen-bond acceptors (Lipinski definition) is 2. The molecule has 1 rings (SSSR count). The number of nitrogens with one attached hydrogen (secondary N) is 1. The van der Waals surface area contributed by atoms with E-state index >= 15 is 0 Å². The molecule has 0 heterocycles. The lowest BCUT2D eigenvalue weighted by molar-refractivity contribution is 0.0991. The highest BCUT2D eigenvalue weighted by Crippen LogP contribution is 2.03. The summed E-state index contributed by atoms with van der Waals surface area (Å²) in [7, 11) is 0. The highest BCUT2D eigenvalue weighted by atomic mass is 16.1. The fourth-order valence-electron chi connectivity index (χ4n) is 1.22. The Bertz CT molecular complexity index is 290. The van der Waals surface area contributed by atoms with Crippen molar-refractivity contribution in [3.05, 3.63) is 35.4 Å². The molecule has 0 amide bonds. The fourth-order valence-corrected chi connectivity index (χ4v) is 1.22. The summed E-state index contributed by atoms with van der Waals surface area (Å²) in [4.78, 5) is 11.6. The summed E-state index contributed by atoms with van der Waals surface area (Å²) in [5.41, 5.74) is 1.97. The van der Waals surface area contributed by atoms with Gasteiger partial charge in [-0.15, -0.1) is 0 Å². The van der Waals surface area contributed by atoms with Crippen LogP contribution in [0.4, 0.5) is 0 Å². The highest BCUT2D eigenvalue weighted by molar-refractivity contribution is 5.97. The topological polar surface area (TPSA) is 29.1 Å². The second-order valence-corrected chi connectivity index (χ2v) is 3.47. The third-order valence-corrected chi connectivity index (χ3v) is 2.09. The number of ketones is 1. The quantitative estimate of drug-likeness (QED) is 0.571. The van der Waals surface area contributed by atoms with Crippen molar-refractivity contribution in [2.24, 2.45) is 0 Å². The summed E-state index contributed by atoms with van der Waals surface area (Å²) in [6, 6.07) is 7.69. The third kappa shape index (κ3) is 3.30. The molecule has 0 aliphatic rings. The summed E-state index contributed by atoms with van der Waals surface area (Å²) in [6.45, 7) is 5.45. The molecule has 0 aromatic heterocycles. The van der Waals surface area contributed by atoms with Gasteiger partial charge in [-0.2, -0.15) is 0 Å². The Hall–Kier alpha value is -1.15. The van der Waals surface area contributed by atoms with E-state index in [1.807, 2.05) is 31.2 Å². The number of hydrogen-bond donors (Lipinski definition) is 1. The van der Waals surface area contributed by atoms with Gasteiger partial charge in [0.05, 0.1) is 6.54 Å². The molecule has 14 heavy (non-hydrogen) atoms. The van der Waals surface area contributed by atoms with Crippen LogP contribution in [0.15, 0.2) is 24.3 Å². The van der Waals surface area contributed by atoms with E-state index in [-0.39, 0.29) is 5.78 Å². The van der Waals surface area contributed by atoms with Gasteiger partial charge in [-0.05, 0) is 19.9 Å². The smallest absolute Gasteiger partial charge is 0.176 e. The lowest BCUT2D eigenvalue weighted by Gasteiger charge is -2.02. The zero-order valence-electron chi connectivity index (χ0n) is 8.84. The van der Waals surface area contributed by atoms with Gasteiger partial charge in [0, 0.05) is 5.56 Å². The molecule has 1 aromatic carbocycles. The maximum atomic E-state index is 11.6. The first-order valence-electron chi connectivity index (χ1n) is 5.04. The maximum absolute atomic E-state index is 11.6. The highest BCUT2D eigenvalue weighted by Gasteiger charge is 2.03. The molecular weight excluding hydrogens is 174 g/mol. The number of benzene rings is 1. The molecule has 2 nitrogen and oxygen atoms in total. The minimum Gasteiger partial charge on any atom is -0.310 e. The zero-order valence-corrected chi connectivity index (χ0v) is 8.84. The van der Waals surface area contributed by atoms with Crippen LogP contribution in [0.2, 0.25) is 0 Å². The first-order valence-corrected chi connectivity index (χ1v) is 5.04. The van der Waals surface area contributed by atoms with E-state index in [1.54, 1.807) is 0 Å². The molecule has 0 saturated carbocycles. The van der Waals surface area contributed by atoms with Crippen LogP contribution >= 0.6 is 0 Å². The molecule has 0 aliphatic heterocycles. The number of aryl methyl sites for hydroxylation is 1. The Morgan fingerprint density at radius 3 is 2.50 bits per heavy atom. The van der Waals surface area contributed by atoms with Crippen LogP contribution in [0, 0.1) is 6.92 Å². The molecule has 76 valence electrons. The summed E-state index contributed by atoms with van der Waals surface area (Å²) >= 11 is 0. The molecule has 0 atom stereocenters. The van der Waals surface area contributed by atoms with Gasteiger partial charge >= 0.3 is 0 Å². The van der Waals surface area contributed by atoms with Crippen molar-refractivity contribution in [1.82, 2.24) is 5.32 Å². The molecule has 0 bridgehead atoms. The van der Waals surface area contributed by atoms with Crippen LogP contribution in [0.1, 0.15) is 29.3 Å². The molecule has 0 saturated heterocycles. The Labute approximate surface area is 85.3 Å². The van der Waals surface area contributed by atoms with E-state index in [1.165, 1.54) is 5.56 Å². The Kier molecular flexibility index (Phi) is 4.33. The van der Waals surface area contributed by atoms with Crippen molar-refractivity contribution in [3.63, 3.8) is 0 Å². The van der Waals surface area contributed by atoms with E-state index in [2.05, 4.69) is 12.2 Å². The molecule has 0 unspecified atom stereocenters. The number of Topliss-reactive ketones (excluding diaryl/α,β-unsaturated/α-hetero) is 1. The minimum atomic E-state index is 0.165. The fraction of sp³-hybridized carbons (Fsp3) is 0.417. The van der Waals surface area contributed by atoms with Crippen molar-refractivity contribution >= 4 is 5.78 Å². The second kappa shape index (κ2) is 5.55. The molecule has 1 aromatic rings. The average molecular weight is 191 g/mol. The normalized spacial score (nSPS) is 10.1. The molecule has 0 radical (unpaired) electrons. The number of rotatable bonds is 5. The van der Waals surface area contributed by atoms with Crippen LogP contribution in [-0.4, -0.2) is 18.9 Å². The van der Waals surface area contributed by atoms with Crippen molar-refractivity contribution in [3.8, 4) is 0 Å². The Morgan fingerprint density at radius 1 is 1.29 bits per heavy atom. The van der Waals surface area contributed by atoms with Crippen LogP contribution in [0.5, 0.6) is 0 Å². The summed E-state index contributed by atoms with van der Waals surface area (Å²) < 4.78 is 0. The van der Waals surface area contributed by atoms with E-state index in [9.17, 15) is 4.79 Å². The Balaban J connectivity index is 2.48. The standard InChI is InChI=1S/C12H17NO/c1-3-8-13-9-12(14)11-6-4-10(2)5-7-11/h4-7,13H,3,8-9H2,1-2H3. The van der Waals surface area contributed by atoms with E-state index in [0.29, 0.717) is 6.54 Å². The monoisotopic (exact) mass is 191 g/mol. The summed E-state index contributed by atoms with van der Waals surface area (Å²) in [5.74, 6) is 0.165. The van der Waals surface area contributed by atoms with Crippen LogP contribution in [-0.2, 0) is 0 Å². The van der Waals surface area contributed by atoms with Gasteiger partial charge in [0.15, 0.2) is 5.78 Å². The van der Waals surface area contributed by atoms with E-state index in [4.69, 9.17) is 0 Å². The van der Waals surface area contributed by atoms with Gasteiger partial charge in [0.2, 0.25) is 0 Å². The van der Waals surface area contributed by atoms with Crippen molar-refractivity contribution in [2.45, 2.75) is 20.3 Å². The predicted molar refractivity (Wildman–Crippen MR) is 58.7 cm³/mol. The van der Waals surface area contributed by atoms with Crippen LogP contribution in [0.3, 0.4) is 0 Å². The van der Waals surface area contributed by atoms with Crippen molar-refractivity contribution in [1.29, 1.82) is 0 Å². The minimum absolute atomic E-state index is 0.165. The number of carbonyl (C=O) groups is 1. The van der Waals surface area contributed by atoms with Crippen LogP contribution < -0.4 is 5.32 Å². The lowest BCUT2D eigenvalue weighted by Crippen LogP contribution is -2.23. The first-order chi connectivity index (χ1) is 6.74. The third-order valence-electron chi connectivity index (χ3n) is 2.09. The summed E-state index contributed by atoms with van der Waals surface area (Å²) in [5, 5.41) is 3.10. The predicted octanol–water partition coefficient (Wildman–Crippen LogP) is 2.18. The molecule has 1 N–H and O–H groups in total. The second-order valence-electron chi connectivity index (χ2n) is 3.47. The zero-order chi connectivity index (χ0) is 10.4. The van der Waals surface area contributed by atoms with Gasteiger partial charge in [0.25, 0.3) is 0 Å². The first kappa shape index (κ1) is 10.9. The van der Waals surface area contributed by atoms with E-state index in [0.717, 1.165) is 18.5 Å². The number of carbonyl (C=O) groups excluding carboxylic acids is 1. The lowest BCUT2D eigenvalue weighted by atomic mass is 10.1. The largest absolute Gasteiger partial charge is 0.310 e. The SMILES string of the molecule is CCCNCC(=O)c1ccc(C)cc1. The molecular formula is C12H17NO. The van der Waals surface area contributed by atoms with Gasteiger partial charge in [-0.25, -0.2) is 0 Å². The molecule has 2 heteroatoms. The summed E-state index contributed by atoms with van der Waals surface area (Å²) in [6.07, 6.45) is 1.06. The Morgan fingerprint density at radius 2 is 1.93 bits per heavy atom. The van der Waals surface area contributed by atoms with Crippen molar-refractivity contribution < 1.29 is 4.79 Å². The van der Waals surface area contributed by atoms with Gasteiger partial charge in [0.1, 0.15) is 0 Å². The molecule has 0 fully saturated rings. The van der Waals surface area contributed by atoms with Crippen LogP contribution in [0.25, 0.3) is 0 Å². The van der Waals surface area contributed by atoms with Gasteiger partial charge in [-0.1, -0.05) is 36.8 Å². The van der Waals surface area contributed by atoms with E-state index < -0.39 is 0 Å². The van der Waals surface area contributed by atoms with Gasteiger partial charge in [-0.3, -0.25) is 4.79 Å². The average Bonchev–Trinajstić information content (AvgIpc) is 2.19. The maximum Gasteiger partial charge on any atom is 0.176 e. The molecule has 0 spiro atoms. The van der Waals surface area contributed by atoms with Gasteiger partial charge < -0.3 is 5.32 Å². The van der Waals surface area contributed by atoms with Crippen molar-refractivity contribution in [2.75, 3.05) is 13.1 Å².